The van der Waals surface area contributed by atoms with Crippen LogP contribution in [0.15, 0.2) is 0 Å². The van der Waals surface area contributed by atoms with Gasteiger partial charge in [0, 0.05) is 12.5 Å². The zero-order valence-corrected chi connectivity index (χ0v) is 9.55. The molecule has 0 saturated heterocycles. The van der Waals surface area contributed by atoms with Crippen LogP contribution in [0, 0.1) is 11.8 Å². The number of rotatable bonds is 5. The van der Waals surface area contributed by atoms with Gasteiger partial charge in [-0.25, -0.2) is 0 Å². The molecule has 0 bridgehead atoms. The molecule has 13 heavy (non-hydrogen) atoms. The van der Waals surface area contributed by atoms with E-state index in [-0.39, 0.29) is 5.91 Å². The van der Waals surface area contributed by atoms with Crippen molar-refractivity contribution in [3.05, 3.63) is 0 Å². The van der Waals surface area contributed by atoms with Crippen LogP contribution < -0.4 is 5.32 Å². The Morgan fingerprint density at radius 3 is 1.92 bits per heavy atom. The summed E-state index contributed by atoms with van der Waals surface area (Å²) in [6, 6.07) is 0.319. The molecule has 1 amide bonds. The minimum atomic E-state index is 0.190. The van der Waals surface area contributed by atoms with Gasteiger partial charge in [0.2, 0.25) is 5.91 Å². The molecule has 1 N–H and O–H groups in total. The lowest BCUT2D eigenvalue weighted by Crippen LogP contribution is -2.41. The first-order valence-electron chi connectivity index (χ1n) is 5.28. The number of carbonyl (C=O) groups excluding carboxylic acids is 1. The van der Waals surface area contributed by atoms with Gasteiger partial charge in [0.05, 0.1) is 0 Å². The SMILES string of the molecule is CCCC(=O)NC(C(C)C)C(C)C. The second-order valence-electron chi connectivity index (χ2n) is 4.33. The van der Waals surface area contributed by atoms with Gasteiger partial charge in [0.15, 0.2) is 0 Å². The second-order valence-corrected chi connectivity index (χ2v) is 4.33. The average molecular weight is 185 g/mol. The van der Waals surface area contributed by atoms with Crippen molar-refractivity contribution < 1.29 is 4.79 Å². The topological polar surface area (TPSA) is 29.1 Å². The lowest BCUT2D eigenvalue weighted by molar-refractivity contribution is -0.122. The number of hydrogen-bond donors (Lipinski definition) is 1. The van der Waals surface area contributed by atoms with Gasteiger partial charge >= 0.3 is 0 Å². The van der Waals surface area contributed by atoms with Gasteiger partial charge in [-0.15, -0.1) is 0 Å². The lowest BCUT2D eigenvalue weighted by atomic mass is 9.93. The van der Waals surface area contributed by atoms with E-state index in [4.69, 9.17) is 0 Å². The molecule has 0 aliphatic carbocycles. The Hall–Kier alpha value is -0.530. The third-order valence-electron chi connectivity index (χ3n) is 2.24. The molecule has 0 heterocycles. The molecule has 2 heteroatoms. The number of amides is 1. The monoisotopic (exact) mass is 185 g/mol. The van der Waals surface area contributed by atoms with Gasteiger partial charge in [0.1, 0.15) is 0 Å². The zero-order valence-electron chi connectivity index (χ0n) is 9.55. The first kappa shape index (κ1) is 12.5. The summed E-state index contributed by atoms with van der Waals surface area (Å²) in [7, 11) is 0. The molecule has 2 nitrogen and oxygen atoms in total. The molecule has 0 rings (SSSR count). The number of nitrogens with one attached hydrogen (secondary N) is 1. The van der Waals surface area contributed by atoms with Crippen LogP contribution >= 0.6 is 0 Å². The maximum Gasteiger partial charge on any atom is 0.220 e. The summed E-state index contributed by atoms with van der Waals surface area (Å²) in [5, 5.41) is 3.08. The van der Waals surface area contributed by atoms with E-state index < -0.39 is 0 Å². The molecular formula is C11H23NO. The van der Waals surface area contributed by atoms with Gasteiger partial charge < -0.3 is 5.32 Å². The molecule has 78 valence electrons. The molecule has 0 fully saturated rings. The Morgan fingerprint density at radius 2 is 1.62 bits per heavy atom. The first-order chi connectivity index (χ1) is 5.99. The summed E-state index contributed by atoms with van der Waals surface area (Å²) in [6.07, 6.45) is 1.57. The third kappa shape index (κ3) is 4.91. The van der Waals surface area contributed by atoms with E-state index in [1.807, 2.05) is 6.92 Å². The standard InChI is InChI=1S/C11H23NO/c1-6-7-10(13)12-11(8(2)3)9(4)5/h8-9,11H,6-7H2,1-5H3,(H,12,13). The molecule has 0 saturated carbocycles. The van der Waals surface area contributed by atoms with Crippen molar-refractivity contribution in [1.29, 1.82) is 0 Å². The first-order valence-corrected chi connectivity index (χ1v) is 5.28. The molecule has 0 aliphatic rings. The van der Waals surface area contributed by atoms with E-state index in [0.717, 1.165) is 6.42 Å². The van der Waals surface area contributed by atoms with Crippen LogP contribution in [0.2, 0.25) is 0 Å². The van der Waals surface area contributed by atoms with Gasteiger partial charge in [-0.1, -0.05) is 34.6 Å². The van der Waals surface area contributed by atoms with Crippen LogP contribution in [0.3, 0.4) is 0 Å². The van der Waals surface area contributed by atoms with Crippen molar-refractivity contribution in [3.8, 4) is 0 Å². The highest BCUT2D eigenvalue weighted by atomic mass is 16.1. The molecule has 0 aliphatic heterocycles. The maximum atomic E-state index is 11.4. The molecule has 0 atom stereocenters. The second kappa shape index (κ2) is 6.01. The minimum Gasteiger partial charge on any atom is -0.353 e. The van der Waals surface area contributed by atoms with Crippen molar-refractivity contribution in [3.63, 3.8) is 0 Å². The number of carbonyl (C=O) groups is 1. The fourth-order valence-corrected chi connectivity index (χ4v) is 1.59. The van der Waals surface area contributed by atoms with Crippen molar-refractivity contribution >= 4 is 5.91 Å². The molecule has 0 aromatic rings. The highest BCUT2D eigenvalue weighted by molar-refractivity contribution is 5.76. The van der Waals surface area contributed by atoms with Crippen molar-refractivity contribution in [2.24, 2.45) is 11.8 Å². The Bertz CT molecular complexity index is 144. The molecule has 0 aromatic heterocycles. The molecule has 0 unspecified atom stereocenters. The summed E-state index contributed by atoms with van der Waals surface area (Å²) in [4.78, 5) is 11.4. The van der Waals surface area contributed by atoms with E-state index in [1.165, 1.54) is 0 Å². The fourth-order valence-electron chi connectivity index (χ4n) is 1.59. The van der Waals surface area contributed by atoms with Crippen LogP contribution in [0.1, 0.15) is 47.5 Å². The predicted octanol–water partition coefficient (Wildman–Crippen LogP) is 2.58. The summed E-state index contributed by atoms with van der Waals surface area (Å²) in [5.41, 5.74) is 0. The van der Waals surface area contributed by atoms with Crippen molar-refractivity contribution in [2.45, 2.75) is 53.5 Å². The summed E-state index contributed by atoms with van der Waals surface area (Å²) < 4.78 is 0. The molecule has 0 spiro atoms. The van der Waals surface area contributed by atoms with E-state index in [2.05, 4.69) is 33.0 Å². The minimum absolute atomic E-state index is 0.190. The zero-order chi connectivity index (χ0) is 10.4. The normalized spacial score (nSPS) is 11.4. The van der Waals surface area contributed by atoms with Crippen molar-refractivity contribution in [1.82, 2.24) is 5.32 Å². The van der Waals surface area contributed by atoms with Gasteiger partial charge in [-0.2, -0.15) is 0 Å². The highest BCUT2D eigenvalue weighted by Crippen LogP contribution is 2.11. The summed E-state index contributed by atoms with van der Waals surface area (Å²) in [5.74, 6) is 1.22. The Balaban J connectivity index is 4.02. The maximum absolute atomic E-state index is 11.4. The Morgan fingerprint density at radius 1 is 1.15 bits per heavy atom. The quantitative estimate of drug-likeness (QED) is 0.701. The lowest BCUT2D eigenvalue weighted by Gasteiger charge is -2.26. The highest BCUT2D eigenvalue weighted by Gasteiger charge is 2.18. The third-order valence-corrected chi connectivity index (χ3v) is 2.24. The van der Waals surface area contributed by atoms with Crippen LogP contribution in [-0.4, -0.2) is 11.9 Å². The molecule has 0 radical (unpaired) electrons. The van der Waals surface area contributed by atoms with Gasteiger partial charge in [-0.3, -0.25) is 4.79 Å². The smallest absolute Gasteiger partial charge is 0.220 e. The van der Waals surface area contributed by atoms with E-state index >= 15 is 0 Å². The fraction of sp³-hybridized carbons (Fsp3) is 0.909. The predicted molar refractivity (Wildman–Crippen MR) is 56.5 cm³/mol. The Labute approximate surface area is 82.1 Å². The van der Waals surface area contributed by atoms with Crippen molar-refractivity contribution in [2.75, 3.05) is 0 Å². The van der Waals surface area contributed by atoms with E-state index in [0.29, 0.717) is 24.3 Å². The van der Waals surface area contributed by atoms with Gasteiger partial charge in [0.25, 0.3) is 0 Å². The van der Waals surface area contributed by atoms with E-state index in [9.17, 15) is 4.79 Å². The summed E-state index contributed by atoms with van der Waals surface area (Å²) in [6.45, 7) is 10.6. The van der Waals surface area contributed by atoms with Crippen LogP contribution in [0.5, 0.6) is 0 Å². The molecule has 0 aromatic carbocycles. The summed E-state index contributed by atoms with van der Waals surface area (Å²) >= 11 is 0. The van der Waals surface area contributed by atoms with Gasteiger partial charge in [-0.05, 0) is 18.3 Å². The largest absolute Gasteiger partial charge is 0.353 e. The number of hydrogen-bond acceptors (Lipinski definition) is 1. The van der Waals surface area contributed by atoms with E-state index in [1.54, 1.807) is 0 Å². The average Bonchev–Trinajstić information content (AvgIpc) is 1.99. The van der Waals surface area contributed by atoms with Crippen LogP contribution in [-0.2, 0) is 4.79 Å². The van der Waals surface area contributed by atoms with Crippen LogP contribution in [0.4, 0.5) is 0 Å². The Kier molecular flexibility index (Phi) is 5.76. The molecular weight excluding hydrogens is 162 g/mol. The van der Waals surface area contributed by atoms with Crippen LogP contribution in [0.25, 0.3) is 0 Å².